The Labute approximate surface area is 104 Å². The highest BCUT2D eigenvalue weighted by atomic mass is 16.6. The maximum Gasteiger partial charge on any atom is 0.104 e. The molecule has 0 radical (unpaired) electrons. The summed E-state index contributed by atoms with van der Waals surface area (Å²) in [6.45, 7) is 0. The fourth-order valence-electron chi connectivity index (χ4n) is 2.84. The van der Waals surface area contributed by atoms with Crippen molar-refractivity contribution in [2.24, 2.45) is 11.8 Å². The average Bonchev–Trinajstić information content (AvgIpc) is 2.42. The molecule has 2 heteroatoms. The van der Waals surface area contributed by atoms with E-state index < -0.39 is 0 Å². The number of hydrogen-bond acceptors (Lipinski definition) is 2. The van der Waals surface area contributed by atoms with E-state index in [0.717, 1.165) is 12.3 Å². The van der Waals surface area contributed by atoms with Crippen LogP contribution in [-0.2, 0) is 4.84 Å². The molecule has 1 unspecified atom stereocenters. The van der Waals surface area contributed by atoms with Gasteiger partial charge in [-0.2, -0.15) is 0 Å². The molecule has 94 valence electrons. The summed E-state index contributed by atoms with van der Waals surface area (Å²) in [7, 11) is 0. The zero-order valence-corrected chi connectivity index (χ0v) is 10.5. The van der Waals surface area contributed by atoms with Crippen LogP contribution in [0.5, 0.6) is 0 Å². The number of rotatable bonds is 5. The van der Waals surface area contributed by atoms with Crippen LogP contribution in [0.25, 0.3) is 0 Å². The largest absolute Gasteiger partial charge is 0.297 e. The molecule has 0 aromatic heterocycles. The molecule has 1 aliphatic rings. The van der Waals surface area contributed by atoms with Gasteiger partial charge in [-0.05, 0) is 24.3 Å². The van der Waals surface area contributed by atoms with Crippen molar-refractivity contribution >= 4 is 0 Å². The molecule has 0 amide bonds. The zero-order chi connectivity index (χ0) is 11.9. The average molecular weight is 233 g/mol. The lowest BCUT2D eigenvalue weighted by Crippen LogP contribution is -2.13. The van der Waals surface area contributed by atoms with Crippen LogP contribution >= 0.6 is 0 Å². The fourth-order valence-corrected chi connectivity index (χ4v) is 2.84. The summed E-state index contributed by atoms with van der Waals surface area (Å²) in [5.41, 5.74) is 1.20. The van der Waals surface area contributed by atoms with E-state index in [9.17, 15) is 0 Å². The van der Waals surface area contributed by atoms with Crippen LogP contribution < -0.4 is 5.90 Å². The van der Waals surface area contributed by atoms with Crippen LogP contribution in [0.3, 0.4) is 0 Å². The molecule has 0 saturated heterocycles. The minimum atomic E-state index is 0.0677. The molecule has 17 heavy (non-hydrogen) atoms. The van der Waals surface area contributed by atoms with Crippen molar-refractivity contribution in [1.29, 1.82) is 0 Å². The van der Waals surface area contributed by atoms with Gasteiger partial charge < -0.3 is 0 Å². The third-order valence-corrected chi connectivity index (χ3v) is 3.90. The van der Waals surface area contributed by atoms with Crippen molar-refractivity contribution in [2.45, 2.75) is 51.0 Å². The van der Waals surface area contributed by atoms with Gasteiger partial charge >= 0.3 is 0 Å². The Morgan fingerprint density at radius 1 is 1.12 bits per heavy atom. The van der Waals surface area contributed by atoms with Crippen molar-refractivity contribution in [3.63, 3.8) is 0 Å². The van der Waals surface area contributed by atoms with Crippen molar-refractivity contribution in [1.82, 2.24) is 0 Å². The molecule has 0 heterocycles. The highest BCUT2D eigenvalue weighted by molar-refractivity contribution is 5.17. The lowest BCUT2D eigenvalue weighted by molar-refractivity contribution is 0.0405. The van der Waals surface area contributed by atoms with Crippen molar-refractivity contribution < 1.29 is 4.84 Å². The SMILES string of the molecule is NOC(CCC1CCCCC1)c1ccccc1. The lowest BCUT2D eigenvalue weighted by Gasteiger charge is -2.23. The molecule has 1 atom stereocenters. The van der Waals surface area contributed by atoms with E-state index >= 15 is 0 Å². The first-order valence-electron chi connectivity index (χ1n) is 6.80. The third-order valence-electron chi connectivity index (χ3n) is 3.90. The Hall–Kier alpha value is -0.860. The molecule has 1 aliphatic carbocycles. The van der Waals surface area contributed by atoms with Gasteiger partial charge in [-0.1, -0.05) is 62.4 Å². The normalized spacial score (nSPS) is 19.1. The topological polar surface area (TPSA) is 35.2 Å². The molecule has 1 aromatic carbocycles. The predicted octanol–water partition coefficient (Wildman–Crippen LogP) is 3.98. The first-order valence-corrected chi connectivity index (χ1v) is 6.80. The van der Waals surface area contributed by atoms with Gasteiger partial charge in [0.15, 0.2) is 0 Å². The van der Waals surface area contributed by atoms with Gasteiger partial charge in [0.25, 0.3) is 0 Å². The van der Waals surface area contributed by atoms with Crippen LogP contribution in [0.15, 0.2) is 30.3 Å². The van der Waals surface area contributed by atoms with Crippen LogP contribution in [0.1, 0.15) is 56.6 Å². The van der Waals surface area contributed by atoms with E-state index in [1.165, 1.54) is 44.1 Å². The first-order chi connectivity index (χ1) is 8.40. The van der Waals surface area contributed by atoms with Crippen LogP contribution in [0.4, 0.5) is 0 Å². The molecular formula is C15H23NO. The summed E-state index contributed by atoms with van der Waals surface area (Å²) in [6.07, 6.45) is 9.39. The minimum Gasteiger partial charge on any atom is -0.297 e. The third kappa shape index (κ3) is 3.83. The highest BCUT2D eigenvalue weighted by Crippen LogP contribution is 2.31. The summed E-state index contributed by atoms with van der Waals surface area (Å²) in [6, 6.07) is 10.3. The molecule has 0 spiro atoms. The highest BCUT2D eigenvalue weighted by Gasteiger charge is 2.17. The van der Waals surface area contributed by atoms with Gasteiger partial charge in [-0.25, -0.2) is 5.90 Å². The lowest BCUT2D eigenvalue weighted by atomic mass is 9.85. The number of nitrogens with two attached hydrogens (primary N) is 1. The summed E-state index contributed by atoms with van der Waals surface area (Å²) in [5, 5.41) is 0. The van der Waals surface area contributed by atoms with Gasteiger partial charge in [-0.3, -0.25) is 4.84 Å². The summed E-state index contributed by atoms with van der Waals surface area (Å²) in [4.78, 5) is 5.13. The number of hydrogen-bond donors (Lipinski definition) is 1. The monoisotopic (exact) mass is 233 g/mol. The van der Waals surface area contributed by atoms with Gasteiger partial charge in [0.1, 0.15) is 6.10 Å². The Balaban J connectivity index is 1.83. The van der Waals surface area contributed by atoms with E-state index in [1.54, 1.807) is 0 Å². The van der Waals surface area contributed by atoms with E-state index in [-0.39, 0.29) is 6.10 Å². The first kappa shape index (κ1) is 12.6. The summed E-state index contributed by atoms with van der Waals surface area (Å²) >= 11 is 0. The second-order valence-corrected chi connectivity index (χ2v) is 5.12. The Morgan fingerprint density at radius 3 is 2.47 bits per heavy atom. The summed E-state index contributed by atoms with van der Waals surface area (Å²) in [5.74, 6) is 6.31. The van der Waals surface area contributed by atoms with E-state index in [2.05, 4.69) is 12.1 Å². The smallest absolute Gasteiger partial charge is 0.104 e. The maximum absolute atomic E-state index is 5.42. The van der Waals surface area contributed by atoms with Gasteiger partial charge in [0.05, 0.1) is 0 Å². The molecule has 2 N–H and O–H groups in total. The quantitative estimate of drug-likeness (QED) is 0.781. The minimum absolute atomic E-state index is 0.0677. The van der Waals surface area contributed by atoms with Crippen LogP contribution in [0.2, 0.25) is 0 Å². The molecule has 1 aromatic rings. The molecular weight excluding hydrogens is 210 g/mol. The van der Waals surface area contributed by atoms with Crippen molar-refractivity contribution in [3.8, 4) is 0 Å². The second kappa shape index (κ2) is 6.77. The van der Waals surface area contributed by atoms with Gasteiger partial charge in [0, 0.05) is 0 Å². The van der Waals surface area contributed by atoms with Gasteiger partial charge in [-0.15, -0.1) is 0 Å². The molecule has 0 bridgehead atoms. The molecule has 2 rings (SSSR count). The fraction of sp³-hybridized carbons (Fsp3) is 0.600. The molecule has 2 nitrogen and oxygen atoms in total. The Morgan fingerprint density at radius 2 is 1.82 bits per heavy atom. The Bertz CT molecular complexity index is 306. The van der Waals surface area contributed by atoms with Crippen LogP contribution in [0, 0.1) is 5.92 Å². The van der Waals surface area contributed by atoms with Crippen molar-refractivity contribution in [3.05, 3.63) is 35.9 Å². The standard InChI is InChI=1S/C15H23NO/c16-17-15(14-9-5-2-6-10-14)12-11-13-7-3-1-4-8-13/h2,5-6,9-10,13,15H,1,3-4,7-8,11-12,16H2. The molecule has 1 saturated carbocycles. The molecule has 0 aliphatic heterocycles. The zero-order valence-electron chi connectivity index (χ0n) is 10.5. The molecule has 1 fully saturated rings. The van der Waals surface area contributed by atoms with Gasteiger partial charge in [0.2, 0.25) is 0 Å². The van der Waals surface area contributed by atoms with Crippen molar-refractivity contribution in [2.75, 3.05) is 0 Å². The Kier molecular flexibility index (Phi) is 5.02. The summed E-state index contributed by atoms with van der Waals surface area (Å²) < 4.78 is 0. The van der Waals surface area contributed by atoms with E-state index in [4.69, 9.17) is 10.7 Å². The second-order valence-electron chi connectivity index (χ2n) is 5.12. The maximum atomic E-state index is 5.42. The number of benzene rings is 1. The predicted molar refractivity (Wildman–Crippen MR) is 70.3 cm³/mol. The van der Waals surface area contributed by atoms with E-state index in [1.807, 2.05) is 18.2 Å². The van der Waals surface area contributed by atoms with Crippen LogP contribution in [-0.4, -0.2) is 0 Å². The van der Waals surface area contributed by atoms with E-state index in [0.29, 0.717) is 0 Å².